The number of benzene rings is 1. The van der Waals surface area contributed by atoms with Gasteiger partial charge in [0, 0.05) is 51.0 Å². The topological polar surface area (TPSA) is 68.5 Å². The van der Waals surface area contributed by atoms with Crippen molar-refractivity contribution in [3.8, 4) is 11.8 Å². The van der Waals surface area contributed by atoms with Crippen LogP contribution in [0.15, 0.2) is 18.2 Å². The van der Waals surface area contributed by atoms with Crippen LogP contribution in [0, 0.1) is 17.2 Å². The van der Waals surface area contributed by atoms with Crippen LogP contribution < -0.4 is 5.32 Å². The second kappa shape index (κ2) is 10.1. The molecule has 2 N–H and O–H groups in total. The maximum atomic E-state index is 10.5. The Hall–Kier alpha value is -1.03. The third kappa shape index (κ3) is 4.53. The highest BCUT2D eigenvalue weighted by Crippen LogP contribution is 2.40. The second-order valence-corrected chi connectivity index (χ2v) is 6.04. The van der Waals surface area contributed by atoms with Gasteiger partial charge in [0.2, 0.25) is 0 Å². The van der Waals surface area contributed by atoms with E-state index in [0.29, 0.717) is 11.5 Å². The van der Waals surface area contributed by atoms with Gasteiger partial charge in [-0.05, 0) is 24.8 Å². The highest BCUT2D eigenvalue weighted by atomic mass is 35.5. The Bertz CT molecular complexity index is 535. The summed E-state index contributed by atoms with van der Waals surface area (Å²) >= 11 is 0. The summed E-state index contributed by atoms with van der Waals surface area (Å²) in [5, 5.41) is 23.1. The number of nitriles is 1. The number of nitrogens with one attached hydrogen (secondary N) is 1. The number of rotatable bonds is 3. The second-order valence-electron chi connectivity index (χ2n) is 6.04. The molecule has 0 amide bonds. The van der Waals surface area contributed by atoms with E-state index in [0.717, 1.165) is 57.8 Å². The third-order valence-corrected chi connectivity index (χ3v) is 4.76. The van der Waals surface area contributed by atoms with Crippen molar-refractivity contribution in [1.82, 2.24) is 10.2 Å². The van der Waals surface area contributed by atoms with Gasteiger partial charge in [0.1, 0.15) is 11.8 Å². The van der Waals surface area contributed by atoms with Crippen LogP contribution in [0.3, 0.4) is 0 Å². The predicted octanol–water partition coefficient (Wildman–Crippen LogP) is 2.48. The van der Waals surface area contributed by atoms with E-state index in [4.69, 9.17) is 4.74 Å². The smallest absolute Gasteiger partial charge is 0.138 e. The molecule has 5 nitrogen and oxygen atoms in total. The van der Waals surface area contributed by atoms with Gasteiger partial charge in [-0.1, -0.05) is 12.1 Å². The van der Waals surface area contributed by atoms with Crippen molar-refractivity contribution < 1.29 is 9.84 Å². The first-order chi connectivity index (χ1) is 10.8. The number of piperazine rings is 1. The molecule has 24 heavy (non-hydrogen) atoms. The van der Waals surface area contributed by atoms with E-state index in [9.17, 15) is 10.4 Å². The maximum Gasteiger partial charge on any atom is 0.138 e. The Balaban J connectivity index is 0.00000144. The van der Waals surface area contributed by atoms with Crippen LogP contribution >= 0.6 is 24.8 Å². The molecule has 2 saturated heterocycles. The summed E-state index contributed by atoms with van der Waals surface area (Å²) in [6.45, 7) is 5.45. The van der Waals surface area contributed by atoms with Crippen LogP contribution in [0.2, 0.25) is 0 Å². The molecule has 134 valence electrons. The summed E-state index contributed by atoms with van der Waals surface area (Å²) < 4.78 is 5.50. The van der Waals surface area contributed by atoms with Gasteiger partial charge in [-0.25, -0.2) is 0 Å². The number of ether oxygens (including phenoxy) is 1. The Labute approximate surface area is 155 Å². The number of aromatic hydroxyl groups is 1. The quantitative estimate of drug-likeness (QED) is 0.851. The summed E-state index contributed by atoms with van der Waals surface area (Å²) in [5.41, 5.74) is 1.26. The van der Waals surface area contributed by atoms with Gasteiger partial charge >= 0.3 is 0 Å². The van der Waals surface area contributed by atoms with Crippen LogP contribution in [0.4, 0.5) is 0 Å². The molecule has 0 saturated carbocycles. The number of para-hydroxylation sites is 1. The zero-order chi connectivity index (χ0) is 15.4. The predicted molar refractivity (Wildman–Crippen MR) is 98.0 cm³/mol. The van der Waals surface area contributed by atoms with Crippen molar-refractivity contribution in [2.24, 2.45) is 5.92 Å². The van der Waals surface area contributed by atoms with Gasteiger partial charge in [0.15, 0.2) is 0 Å². The van der Waals surface area contributed by atoms with Gasteiger partial charge < -0.3 is 15.2 Å². The van der Waals surface area contributed by atoms with E-state index < -0.39 is 0 Å². The molecule has 0 aromatic heterocycles. The summed E-state index contributed by atoms with van der Waals surface area (Å²) in [6.07, 6.45) is 2.01. The number of halogens is 2. The van der Waals surface area contributed by atoms with Crippen molar-refractivity contribution in [3.63, 3.8) is 0 Å². The molecule has 1 atom stereocenters. The average molecular weight is 374 g/mol. The number of nitrogens with zero attached hydrogens (tertiary/aromatic N) is 2. The monoisotopic (exact) mass is 373 g/mol. The zero-order valence-corrected chi connectivity index (χ0v) is 15.2. The summed E-state index contributed by atoms with van der Waals surface area (Å²) in [5.74, 6) is 0.617. The number of hydrogen-bond acceptors (Lipinski definition) is 5. The van der Waals surface area contributed by atoms with Crippen molar-refractivity contribution in [3.05, 3.63) is 29.3 Å². The van der Waals surface area contributed by atoms with Gasteiger partial charge in [-0.3, -0.25) is 4.90 Å². The van der Waals surface area contributed by atoms with Crippen LogP contribution in [-0.4, -0.2) is 49.4 Å². The number of phenols is 1. The molecular weight excluding hydrogens is 349 g/mol. The first kappa shape index (κ1) is 21.0. The van der Waals surface area contributed by atoms with E-state index in [1.165, 1.54) is 0 Å². The summed E-state index contributed by atoms with van der Waals surface area (Å²) in [6, 6.07) is 7.78. The molecule has 0 unspecified atom stereocenters. The van der Waals surface area contributed by atoms with E-state index in [1.54, 1.807) is 6.07 Å². The standard InChI is InChI=1S/C17H23N3O2.2ClH/c18-12-14-2-1-3-15(17(14)21)16(13-4-10-22-11-5-13)20-8-6-19-7-9-20;;/h1-3,13,16,19,21H,4-11H2;2*1H/t16-;;/m1../s1. The molecule has 2 aliphatic heterocycles. The Morgan fingerprint density at radius 1 is 1.21 bits per heavy atom. The van der Waals surface area contributed by atoms with Gasteiger partial charge in [-0.15, -0.1) is 24.8 Å². The minimum atomic E-state index is 0. The van der Waals surface area contributed by atoms with Crippen LogP contribution in [-0.2, 0) is 4.74 Å². The van der Waals surface area contributed by atoms with E-state index in [2.05, 4.69) is 16.3 Å². The fraction of sp³-hybridized carbons (Fsp3) is 0.588. The van der Waals surface area contributed by atoms with Gasteiger partial charge in [-0.2, -0.15) is 5.26 Å². The lowest BCUT2D eigenvalue weighted by atomic mass is 9.84. The summed E-state index contributed by atoms with van der Waals surface area (Å²) in [4.78, 5) is 2.45. The molecule has 2 heterocycles. The third-order valence-electron chi connectivity index (χ3n) is 4.76. The molecule has 1 aromatic carbocycles. The van der Waals surface area contributed by atoms with E-state index >= 15 is 0 Å². The molecule has 1 aromatic rings. The minimum absolute atomic E-state index is 0. The molecular formula is C17H25Cl2N3O2. The van der Waals surface area contributed by atoms with Crippen molar-refractivity contribution in [1.29, 1.82) is 5.26 Å². The molecule has 0 radical (unpaired) electrons. The van der Waals surface area contributed by atoms with E-state index in [1.807, 2.05) is 12.1 Å². The Kier molecular flexibility index (Phi) is 8.82. The molecule has 0 aliphatic carbocycles. The maximum absolute atomic E-state index is 10.5. The normalized spacial score (nSPS) is 20.3. The molecule has 7 heteroatoms. The van der Waals surface area contributed by atoms with Gasteiger partial charge in [0.05, 0.1) is 5.56 Å². The largest absolute Gasteiger partial charge is 0.506 e. The lowest BCUT2D eigenvalue weighted by Gasteiger charge is -2.41. The van der Waals surface area contributed by atoms with Crippen LogP contribution in [0.5, 0.6) is 5.75 Å². The SMILES string of the molecule is Cl.Cl.N#Cc1cccc([C@@H](C2CCOCC2)N2CCNCC2)c1O. The van der Waals surface area contributed by atoms with E-state index in [-0.39, 0.29) is 36.6 Å². The molecule has 2 fully saturated rings. The zero-order valence-electron chi connectivity index (χ0n) is 13.6. The number of phenolic OH excluding ortho intramolecular Hbond substituents is 1. The van der Waals surface area contributed by atoms with Crippen LogP contribution in [0.1, 0.15) is 30.0 Å². The first-order valence-corrected chi connectivity index (χ1v) is 8.05. The number of hydrogen-bond donors (Lipinski definition) is 2. The highest BCUT2D eigenvalue weighted by Gasteiger charge is 2.33. The minimum Gasteiger partial charge on any atom is -0.506 e. The Morgan fingerprint density at radius 3 is 2.50 bits per heavy atom. The molecule has 0 spiro atoms. The molecule has 3 rings (SSSR count). The van der Waals surface area contributed by atoms with Crippen molar-refractivity contribution in [2.45, 2.75) is 18.9 Å². The lowest BCUT2D eigenvalue weighted by molar-refractivity contribution is 0.0206. The average Bonchev–Trinajstić information content (AvgIpc) is 2.59. The lowest BCUT2D eigenvalue weighted by Crippen LogP contribution is -2.47. The van der Waals surface area contributed by atoms with Crippen molar-refractivity contribution >= 4 is 24.8 Å². The fourth-order valence-electron chi connectivity index (χ4n) is 3.63. The fourth-order valence-corrected chi connectivity index (χ4v) is 3.63. The van der Waals surface area contributed by atoms with Crippen LogP contribution in [0.25, 0.3) is 0 Å². The molecule has 0 bridgehead atoms. The molecule has 2 aliphatic rings. The highest BCUT2D eigenvalue weighted by molar-refractivity contribution is 5.85. The Morgan fingerprint density at radius 2 is 1.88 bits per heavy atom. The van der Waals surface area contributed by atoms with Crippen molar-refractivity contribution in [2.75, 3.05) is 39.4 Å². The first-order valence-electron chi connectivity index (χ1n) is 8.05. The van der Waals surface area contributed by atoms with Gasteiger partial charge in [0.25, 0.3) is 0 Å². The summed E-state index contributed by atoms with van der Waals surface area (Å²) in [7, 11) is 0.